The predicted octanol–water partition coefficient (Wildman–Crippen LogP) is 1.36. The van der Waals surface area contributed by atoms with Crippen LogP contribution >= 0.6 is 0 Å². The van der Waals surface area contributed by atoms with E-state index < -0.39 is 0 Å². The molecule has 0 spiro atoms. The van der Waals surface area contributed by atoms with Gasteiger partial charge in [0.05, 0.1) is 0 Å². The van der Waals surface area contributed by atoms with Crippen LogP contribution in [0.15, 0.2) is 18.2 Å². The zero-order chi connectivity index (χ0) is 10.7. The topological polar surface area (TPSA) is 38.5 Å². The molecule has 0 aliphatic heterocycles. The Labute approximate surface area is 90.8 Å². The van der Waals surface area contributed by atoms with Gasteiger partial charge in [0, 0.05) is 13.6 Å². The second-order valence-electron chi connectivity index (χ2n) is 4.11. The number of likely N-dealkylation sites (N-methyl/N-ethyl adjacent to an activating group) is 1. The van der Waals surface area contributed by atoms with Gasteiger partial charge in [0.25, 0.3) is 0 Å². The summed E-state index contributed by atoms with van der Waals surface area (Å²) >= 11 is 0. The third-order valence-corrected chi connectivity index (χ3v) is 2.78. The predicted molar refractivity (Wildman–Crippen MR) is 60.8 cm³/mol. The molecule has 2 N–H and O–H groups in total. The average molecular weight is 206 g/mol. The van der Waals surface area contributed by atoms with Crippen molar-refractivity contribution in [2.45, 2.75) is 19.3 Å². The standard InChI is InChI=1S/C12H18N2O/c1-14(13)7-8-15-12-6-5-10-3-2-4-11(10)9-12/h5-6,9H,2-4,7-8,13H2,1H3. The van der Waals surface area contributed by atoms with Gasteiger partial charge in [-0.3, -0.25) is 5.84 Å². The number of hydrogen-bond acceptors (Lipinski definition) is 3. The van der Waals surface area contributed by atoms with Crippen molar-refractivity contribution < 1.29 is 4.74 Å². The minimum Gasteiger partial charge on any atom is -0.492 e. The third kappa shape index (κ3) is 2.70. The monoisotopic (exact) mass is 206 g/mol. The Morgan fingerprint density at radius 1 is 1.33 bits per heavy atom. The maximum Gasteiger partial charge on any atom is 0.119 e. The Kier molecular flexibility index (Phi) is 3.23. The van der Waals surface area contributed by atoms with Crippen molar-refractivity contribution in [1.82, 2.24) is 5.01 Å². The molecule has 1 aromatic carbocycles. The molecule has 0 unspecified atom stereocenters. The lowest BCUT2D eigenvalue weighted by Gasteiger charge is -2.11. The molecule has 0 heterocycles. The highest BCUT2D eigenvalue weighted by Gasteiger charge is 2.10. The van der Waals surface area contributed by atoms with Gasteiger partial charge in [-0.2, -0.15) is 0 Å². The number of nitrogens with zero attached hydrogens (tertiary/aromatic N) is 1. The maximum atomic E-state index is 5.62. The molecule has 0 aromatic heterocycles. The minimum atomic E-state index is 0.645. The lowest BCUT2D eigenvalue weighted by molar-refractivity contribution is 0.241. The number of hydrazine groups is 1. The molecule has 2 rings (SSSR count). The summed E-state index contributed by atoms with van der Waals surface area (Å²) in [6.45, 7) is 1.39. The van der Waals surface area contributed by atoms with Crippen LogP contribution in [0.2, 0.25) is 0 Å². The first-order valence-electron chi connectivity index (χ1n) is 5.46. The molecule has 1 aromatic rings. The maximum absolute atomic E-state index is 5.62. The molecule has 3 nitrogen and oxygen atoms in total. The highest BCUT2D eigenvalue weighted by molar-refractivity contribution is 5.38. The molecule has 15 heavy (non-hydrogen) atoms. The van der Waals surface area contributed by atoms with Crippen molar-refractivity contribution in [3.05, 3.63) is 29.3 Å². The summed E-state index contributed by atoms with van der Waals surface area (Å²) in [5.41, 5.74) is 2.94. The fourth-order valence-corrected chi connectivity index (χ4v) is 1.95. The first-order valence-corrected chi connectivity index (χ1v) is 5.46. The highest BCUT2D eigenvalue weighted by atomic mass is 16.5. The van der Waals surface area contributed by atoms with Crippen molar-refractivity contribution in [1.29, 1.82) is 0 Å². The van der Waals surface area contributed by atoms with Crippen LogP contribution in [0.25, 0.3) is 0 Å². The summed E-state index contributed by atoms with van der Waals surface area (Å²) in [6, 6.07) is 6.41. The van der Waals surface area contributed by atoms with E-state index in [2.05, 4.69) is 18.2 Å². The van der Waals surface area contributed by atoms with Gasteiger partial charge in [-0.15, -0.1) is 0 Å². The van der Waals surface area contributed by atoms with Crippen molar-refractivity contribution in [3.63, 3.8) is 0 Å². The van der Waals surface area contributed by atoms with E-state index in [1.807, 2.05) is 7.05 Å². The molecule has 1 aliphatic carbocycles. The van der Waals surface area contributed by atoms with E-state index in [-0.39, 0.29) is 0 Å². The van der Waals surface area contributed by atoms with E-state index in [9.17, 15) is 0 Å². The Hall–Kier alpha value is -1.06. The number of rotatable bonds is 4. The van der Waals surface area contributed by atoms with Gasteiger partial charge in [-0.25, -0.2) is 5.01 Å². The molecule has 0 bridgehead atoms. The van der Waals surface area contributed by atoms with E-state index in [0.29, 0.717) is 6.61 Å². The van der Waals surface area contributed by atoms with Gasteiger partial charge < -0.3 is 4.74 Å². The van der Waals surface area contributed by atoms with Gasteiger partial charge in [0.1, 0.15) is 12.4 Å². The lowest BCUT2D eigenvalue weighted by Crippen LogP contribution is -2.30. The molecule has 0 fully saturated rings. The zero-order valence-corrected chi connectivity index (χ0v) is 9.20. The third-order valence-electron chi connectivity index (χ3n) is 2.78. The van der Waals surface area contributed by atoms with Crippen molar-refractivity contribution in [2.75, 3.05) is 20.2 Å². The Morgan fingerprint density at radius 2 is 2.13 bits per heavy atom. The molecule has 3 heteroatoms. The molecule has 0 amide bonds. The van der Waals surface area contributed by atoms with Crippen LogP contribution < -0.4 is 10.6 Å². The second kappa shape index (κ2) is 4.64. The minimum absolute atomic E-state index is 0.645. The fraction of sp³-hybridized carbons (Fsp3) is 0.500. The molecule has 0 radical (unpaired) electrons. The fourth-order valence-electron chi connectivity index (χ4n) is 1.95. The van der Waals surface area contributed by atoms with E-state index in [0.717, 1.165) is 12.3 Å². The Bertz CT molecular complexity index is 336. The number of benzene rings is 1. The van der Waals surface area contributed by atoms with E-state index >= 15 is 0 Å². The second-order valence-corrected chi connectivity index (χ2v) is 4.11. The van der Waals surface area contributed by atoms with Crippen molar-refractivity contribution in [3.8, 4) is 5.75 Å². The largest absolute Gasteiger partial charge is 0.492 e. The first kappa shape index (κ1) is 10.5. The van der Waals surface area contributed by atoms with Gasteiger partial charge in [0.15, 0.2) is 0 Å². The molecular formula is C12H18N2O. The number of nitrogens with two attached hydrogens (primary N) is 1. The van der Waals surface area contributed by atoms with Crippen LogP contribution in [-0.4, -0.2) is 25.2 Å². The summed E-state index contributed by atoms with van der Waals surface area (Å²) in [6.07, 6.45) is 3.70. The summed E-state index contributed by atoms with van der Waals surface area (Å²) < 4.78 is 5.62. The average Bonchev–Trinajstić information content (AvgIpc) is 2.64. The summed E-state index contributed by atoms with van der Waals surface area (Å²) in [4.78, 5) is 0. The number of fused-ring (bicyclic) bond motifs is 1. The molecule has 1 aliphatic rings. The zero-order valence-electron chi connectivity index (χ0n) is 9.20. The number of ether oxygens (including phenoxy) is 1. The summed E-state index contributed by atoms with van der Waals surface area (Å²) in [5, 5.41) is 1.63. The van der Waals surface area contributed by atoms with Gasteiger partial charge >= 0.3 is 0 Å². The Morgan fingerprint density at radius 3 is 2.93 bits per heavy atom. The normalized spacial score (nSPS) is 14.3. The van der Waals surface area contributed by atoms with Crippen LogP contribution in [0.4, 0.5) is 0 Å². The number of hydrogen-bond donors (Lipinski definition) is 1. The van der Waals surface area contributed by atoms with Crippen LogP contribution in [-0.2, 0) is 12.8 Å². The van der Waals surface area contributed by atoms with Crippen molar-refractivity contribution in [2.24, 2.45) is 5.84 Å². The van der Waals surface area contributed by atoms with Crippen LogP contribution in [0.5, 0.6) is 5.75 Å². The van der Waals surface area contributed by atoms with Crippen molar-refractivity contribution >= 4 is 0 Å². The number of aryl methyl sites for hydroxylation is 2. The summed E-state index contributed by atoms with van der Waals surface area (Å²) in [7, 11) is 1.84. The Balaban J connectivity index is 1.92. The molecule has 0 saturated heterocycles. The summed E-state index contributed by atoms with van der Waals surface area (Å²) in [5.74, 6) is 6.47. The smallest absolute Gasteiger partial charge is 0.119 e. The quantitative estimate of drug-likeness (QED) is 0.597. The highest BCUT2D eigenvalue weighted by Crippen LogP contribution is 2.25. The van der Waals surface area contributed by atoms with Gasteiger partial charge in [-0.05, 0) is 42.5 Å². The first-order chi connectivity index (χ1) is 7.25. The SMILES string of the molecule is CN(N)CCOc1ccc2c(c1)CCC2. The molecule has 0 atom stereocenters. The molecule has 82 valence electrons. The van der Waals surface area contributed by atoms with Crippen LogP contribution in [0.3, 0.4) is 0 Å². The van der Waals surface area contributed by atoms with Crippen LogP contribution in [0, 0.1) is 0 Å². The molecule has 0 saturated carbocycles. The van der Waals surface area contributed by atoms with Gasteiger partial charge in [0.2, 0.25) is 0 Å². The lowest BCUT2D eigenvalue weighted by atomic mass is 10.1. The van der Waals surface area contributed by atoms with E-state index in [1.54, 1.807) is 5.01 Å². The van der Waals surface area contributed by atoms with Crippen LogP contribution in [0.1, 0.15) is 17.5 Å². The van der Waals surface area contributed by atoms with E-state index in [4.69, 9.17) is 10.6 Å². The molecular weight excluding hydrogens is 188 g/mol. The van der Waals surface area contributed by atoms with E-state index in [1.165, 1.54) is 30.4 Å². The van der Waals surface area contributed by atoms with Gasteiger partial charge in [-0.1, -0.05) is 6.07 Å².